The van der Waals surface area contributed by atoms with Crippen molar-refractivity contribution in [3.8, 4) is 0 Å². The van der Waals surface area contributed by atoms with E-state index < -0.39 is 16.1 Å². The van der Waals surface area contributed by atoms with Gasteiger partial charge in [-0.25, -0.2) is 8.42 Å². The molecule has 1 atom stereocenters. The maximum Gasteiger partial charge on any atom is 0.243 e. The van der Waals surface area contributed by atoms with Crippen LogP contribution in [0.5, 0.6) is 0 Å². The molecule has 0 aliphatic heterocycles. The van der Waals surface area contributed by atoms with Crippen molar-refractivity contribution in [3.63, 3.8) is 0 Å². The number of amides is 1. The van der Waals surface area contributed by atoms with E-state index >= 15 is 0 Å². The highest BCUT2D eigenvalue weighted by atomic mass is 35.5. The van der Waals surface area contributed by atoms with E-state index in [1.54, 1.807) is 31.2 Å². The van der Waals surface area contributed by atoms with Crippen LogP contribution in [0, 0.1) is 0 Å². The van der Waals surface area contributed by atoms with Gasteiger partial charge in [0.05, 0.1) is 11.9 Å². The number of hydrogen-bond donors (Lipinski definition) is 1. The van der Waals surface area contributed by atoms with Crippen LogP contribution >= 0.6 is 11.6 Å². The molecule has 0 heterocycles. The fourth-order valence-corrected chi connectivity index (χ4v) is 4.66. The first-order chi connectivity index (χ1) is 12.3. The van der Waals surface area contributed by atoms with Crippen molar-refractivity contribution in [1.82, 2.24) is 5.32 Å². The summed E-state index contributed by atoms with van der Waals surface area (Å²) in [5.74, 6) is -0.283. The second-order valence-electron chi connectivity index (χ2n) is 6.61. The van der Waals surface area contributed by atoms with Crippen LogP contribution in [0.15, 0.2) is 35.9 Å². The Bertz CT molecular complexity index is 762. The minimum atomic E-state index is -3.63. The Labute approximate surface area is 161 Å². The molecule has 26 heavy (non-hydrogen) atoms. The lowest BCUT2D eigenvalue weighted by atomic mass is 9.97. The topological polar surface area (TPSA) is 66.5 Å². The Balaban J connectivity index is 2.11. The molecule has 0 fully saturated rings. The molecule has 0 saturated heterocycles. The predicted octanol–water partition coefficient (Wildman–Crippen LogP) is 3.89. The van der Waals surface area contributed by atoms with Gasteiger partial charge in [0, 0.05) is 11.6 Å². The molecule has 0 spiro atoms. The molecule has 0 bridgehead atoms. The Morgan fingerprint density at radius 3 is 2.69 bits per heavy atom. The summed E-state index contributed by atoms with van der Waals surface area (Å²) in [5, 5.41) is 3.33. The molecule has 1 aliphatic carbocycles. The molecule has 1 amide bonds. The maximum absolute atomic E-state index is 12.7. The van der Waals surface area contributed by atoms with Crippen molar-refractivity contribution in [2.75, 3.05) is 17.1 Å². The Hall–Kier alpha value is -1.53. The third-order valence-electron chi connectivity index (χ3n) is 4.52. The normalized spacial score (nSPS) is 15.9. The summed E-state index contributed by atoms with van der Waals surface area (Å²) in [5.41, 5.74) is 1.77. The number of benzene rings is 1. The lowest BCUT2D eigenvalue weighted by Gasteiger charge is -2.30. The van der Waals surface area contributed by atoms with Gasteiger partial charge in [0.25, 0.3) is 0 Å². The van der Waals surface area contributed by atoms with Crippen molar-refractivity contribution < 1.29 is 13.2 Å². The first-order valence-electron chi connectivity index (χ1n) is 9.03. The largest absolute Gasteiger partial charge is 0.354 e. The van der Waals surface area contributed by atoms with E-state index in [1.807, 2.05) is 0 Å². The van der Waals surface area contributed by atoms with Crippen LogP contribution in [0.3, 0.4) is 0 Å². The van der Waals surface area contributed by atoms with Crippen LogP contribution in [-0.2, 0) is 14.8 Å². The molecule has 0 saturated carbocycles. The smallest absolute Gasteiger partial charge is 0.243 e. The van der Waals surface area contributed by atoms with Crippen LogP contribution in [0.1, 0.15) is 45.4 Å². The van der Waals surface area contributed by atoms with Gasteiger partial charge in [0.1, 0.15) is 6.04 Å². The summed E-state index contributed by atoms with van der Waals surface area (Å²) in [6, 6.07) is 5.76. The number of nitrogens with one attached hydrogen (secondary N) is 1. The Morgan fingerprint density at radius 2 is 2.12 bits per heavy atom. The summed E-state index contributed by atoms with van der Waals surface area (Å²) in [6.45, 7) is 2.32. The van der Waals surface area contributed by atoms with E-state index in [0.717, 1.165) is 29.8 Å². The summed E-state index contributed by atoms with van der Waals surface area (Å²) in [7, 11) is -3.63. The number of allylic oxidation sites excluding steroid dienone is 1. The van der Waals surface area contributed by atoms with Crippen molar-refractivity contribution >= 4 is 33.2 Å². The van der Waals surface area contributed by atoms with Gasteiger partial charge < -0.3 is 5.32 Å². The second kappa shape index (κ2) is 9.42. The zero-order chi connectivity index (χ0) is 19.2. The summed E-state index contributed by atoms with van der Waals surface area (Å²) in [4.78, 5) is 12.7. The first kappa shape index (κ1) is 20.8. The SMILES string of the molecule is CCC(C(=O)NCCC1=CCCCC1)N(c1cccc(Cl)c1)S(C)(=O)=O. The molecular weight excluding hydrogens is 372 g/mol. The number of hydrogen-bond acceptors (Lipinski definition) is 3. The van der Waals surface area contributed by atoms with Crippen LogP contribution in [0.4, 0.5) is 5.69 Å². The zero-order valence-corrected chi connectivity index (χ0v) is 16.9. The molecule has 1 unspecified atom stereocenters. The van der Waals surface area contributed by atoms with Crippen LogP contribution in [0.2, 0.25) is 5.02 Å². The van der Waals surface area contributed by atoms with E-state index in [9.17, 15) is 13.2 Å². The quantitative estimate of drug-likeness (QED) is 0.675. The Kier molecular flexibility index (Phi) is 7.53. The maximum atomic E-state index is 12.7. The number of sulfonamides is 1. The van der Waals surface area contributed by atoms with Crippen molar-refractivity contribution in [1.29, 1.82) is 0 Å². The first-order valence-corrected chi connectivity index (χ1v) is 11.3. The average molecular weight is 399 g/mol. The molecule has 2 rings (SSSR count). The third-order valence-corrected chi connectivity index (χ3v) is 5.94. The molecule has 1 aliphatic rings. The average Bonchev–Trinajstić information content (AvgIpc) is 2.59. The van der Waals surface area contributed by atoms with E-state index in [2.05, 4.69) is 11.4 Å². The lowest BCUT2D eigenvalue weighted by Crippen LogP contribution is -2.49. The monoisotopic (exact) mass is 398 g/mol. The standard InChI is InChI=1S/C19H27ClN2O3S/c1-3-18(19(23)21-13-12-15-8-5-4-6-9-15)22(26(2,24)25)17-11-7-10-16(20)14-17/h7-8,10-11,14,18H,3-6,9,12-13H2,1-2H3,(H,21,23). The molecule has 0 aromatic heterocycles. The van der Waals surface area contributed by atoms with Gasteiger partial charge in [-0.1, -0.05) is 36.2 Å². The van der Waals surface area contributed by atoms with Gasteiger partial charge in [-0.3, -0.25) is 9.10 Å². The van der Waals surface area contributed by atoms with E-state index in [4.69, 9.17) is 11.6 Å². The molecule has 1 aromatic carbocycles. The van der Waals surface area contributed by atoms with Gasteiger partial charge in [-0.05, 0) is 56.7 Å². The van der Waals surface area contributed by atoms with Crippen LogP contribution in [0.25, 0.3) is 0 Å². The van der Waals surface area contributed by atoms with Gasteiger partial charge in [0.15, 0.2) is 0 Å². The summed E-state index contributed by atoms with van der Waals surface area (Å²) >= 11 is 6.01. The molecule has 0 radical (unpaired) electrons. The van der Waals surface area contributed by atoms with Crippen molar-refractivity contribution in [2.24, 2.45) is 0 Å². The molecular formula is C19H27ClN2O3S. The number of rotatable bonds is 8. The molecule has 7 heteroatoms. The van der Waals surface area contributed by atoms with Gasteiger partial charge >= 0.3 is 0 Å². The van der Waals surface area contributed by atoms with Gasteiger partial charge in [0.2, 0.25) is 15.9 Å². The third kappa shape index (κ3) is 5.74. The van der Waals surface area contributed by atoms with Gasteiger partial charge in [-0.15, -0.1) is 0 Å². The molecule has 144 valence electrons. The van der Waals surface area contributed by atoms with Crippen molar-refractivity contribution in [3.05, 3.63) is 40.9 Å². The fourth-order valence-electron chi connectivity index (χ4n) is 3.27. The number of anilines is 1. The van der Waals surface area contributed by atoms with Gasteiger partial charge in [-0.2, -0.15) is 0 Å². The number of carbonyl (C=O) groups excluding carboxylic acids is 1. The molecule has 1 aromatic rings. The van der Waals surface area contributed by atoms with E-state index in [1.165, 1.54) is 18.4 Å². The number of carbonyl (C=O) groups is 1. The van der Waals surface area contributed by atoms with E-state index in [0.29, 0.717) is 23.7 Å². The highest BCUT2D eigenvalue weighted by Gasteiger charge is 2.31. The summed E-state index contributed by atoms with van der Waals surface area (Å²) < 4.78 is 25.9. The Morgan fingerprint density at radius 1 is 1.35 bits per heavy atom. The minimum Gasteiger partial charge on any atom is -0.354 e. The van der Waals surface area contributed by atoms with E-state index in [-0.39, 0.29) is 5.91 Å². The lowest BCUT2D eigenvalue weighted by molar-refractivity contribution is -0.122. The fraction of sp³-hybridized carbons (Fsp3) is 0.526. The highest BCUT2D eigenvalue weighted by molar-refractivity contribution is 7.92. The second-order valence-corrected chi connectivity index (χ2v) is 8.91. The predicted molar refractivity (Wildman–Crippen MR) is 107 cm³/mol. The van der Waals surface area contributed by atoms with Crippen molar-refractivity contribution in [2.45, 2.75) is 51.5 Å². The zero-order valence-electron chi connectivity index (χ0n) is 15.4. The summed E-state index contributed by atoms with van der Waals surface area (Å²) in [6.07, 6.45) is 9.18. The highest BCUT2D eigenvalue weighted by Crippen LogP contribution is 2.25. The van der Waals surface area contributed by atoms with Crippen LogP contribution in [-0.4, -0.2) is 33.2 Å². The molecule has 1 N–H and O–H groups in total. The van der Waals surface area contributed by atoms with Crippen LogP contribution < -0.4 is 9.62 Å². The number of nitrogens with zero attached hydrogens (tertiary/aromatic N) is 1. The number of halogens is 1. The molecule has 5 nitrogen and oxygen atoms in total. The minimum absolute atomic E-state index is 0.283.